The van der Waals surface area contributed by atoms with Gasteiger partial charge in [0.15, 0.2) is 11.0 Å². The molecule has 22 heavy (non-hydrogen) atoms. The van der Waals surface area contributed by atoms with Gasteiger partial charge in [-0.2, -0.15) is 13.2 Å². The van der Waals surface area contributed by atoms with Gasteiger partial charge in [-0.3, -0.25) is 9.69 Å². The molecular formula is C12H13F3N4O2S. The summed E-state index contributed by atoms with van der Waals surface area (Å²) in [6.07, 6.45) is -2.41. The molecule has 0 saturated carbocycles. The van der Waals surface area contributed by atoms with Crippen LogP contribution in [0.2, 0.25) is 0 Å². The summed E-state index contributed by atoms with van der Waals surface area (Å²) >= 11 is 1.10. The quantitative estimate of drug-likeness (QED) is 0.923. The lowest BCUT2D eigenvalue weighted by Gasteiger charge is -2.30. The number of rotatable bonds is 4. The minimum absolute atomic E-state index is 0.245. The highest BCUT2D eigenvalue weighted by molar-refractivity contribution is 7.13. The number of hydrogen-bond acceptors (Lipinski definition) is 5. The number of anilines is 1. The molecule has 0 saturated heterocycles. The fourth-order valence-electron chi connectivity index (χ4n) is 1.90. The molecule has 1 unspecified atom stereocenters. The third-order valence-corrected chi connectivity index (χ3v) is 4.00. The number of aromatic nitrogens is 3. The lowest BCUT2D eigenvalue weighted by Crippen LogP contribution is -2.48. The van der Waals surface area contributed by atoms with Gasteiger partial charge in [0, 0.05) is 38.1 Å². The van der Waals surface area contributed by atoms with Crippen LogP contribution in [0.5, 0.6) is 0 Å². The van der Waals surface area contributed by atoms with E-state index < -0.39 is 29.9 Å². The Morgan fingerprint density at radius 3 is 2.55 bits per heavy atom. The fourth-order valence-corrected chi connectivity index (χ4v) is 2.52. The molecule has 1 N–H and O–H groups in total. The number of aliphatic hydroxyl groups is 1. The van der Waals surface area contributed by atoms with E-state index in [0.29, 0.717) is 0 Å². The average molecular weight is 334 g/mol. The molecule has 0 radical (unpaired) electrons. The number of halogens is 3. The molecule has 0 aromatic carbocycles. The van der Waals surface area contributed by atoms with Crippen molar-refractivity contribution in [3.63, 3.8) is 0 Å². The summed E-state index contributed by atoms with van der Waals surface area (Å²) in [6, 6.07) is 0. The normalized spacial score (nSPS) is 14.6. The zero-order chi connectivity index (χ0) is 16.5. The molecule has 0 aliphatic carbocycles. The van der Waals surface area contributed by atoms with Crippen molar-refractivity contribution >= 4 is 22.4 Å². The number of imidazole rings is 1. The van der Waals surface area contributed by atoms with Gasteiger partial charge in [-0.05, 0) is 0 Å². The maximum atomic E-state index is 13.3. The Hall–Kier alpha value is -1.94. The first-order valence-corrected chi connectivity index (χ1v) is 6.97. The number of nitrogens with zero attached hydrogens (tertiary/aromatic N) is 4. The van der Waals surface area contributed by atoms with Crippen LogP contribution < -0.4 is 4.90 Å². The van der Waals surface area contributed by atoms with Crippen molar-refractivity contribution in [2.75, 3.05) is 11.9 Å². The van der Waals surface area contributed by atoms with E-state index in [1.807, 2.05) is 0 Å². The molecule has 0 spiro atoms. The first-order chi connectivity index (χ1) is 10.2. The van der Waals surface area contributed by atoms with E-state index in [0.717, 1.165) is 27.0 Å². The predicted octanol–water partition coefficient (Wildman–Crippen LogP) is 1.68. The highest BCUT2D eigenvalue weighted by Gasteiger charge is 2.59. The number of thiazole rings is 1. The number of carbonyl (C=O) groups is 1. The zero-order valence-electron chi connectivity index (χ0n) is 11.7. The lowest BCUT2D eigenvalue weighted by atomic mass is 9.97. The van der Waals surface area contributed by atoms with Crippen LogP contribution in [0, 0.1) is 0 Å². The maximum absolute atomic E-state index is 13.3. The molecule has 0 fully saturated rings. The molecule has 0 aliphatic heterocycles. The molecule has 6 nitrogen and oxygen atoms in total. The van der Waals surface area contributed by atoms with Gasteiger partial charge >= 0.3 is 6.18 Å². The van der Waals surface area contributed by atoms with Crippen LogP contribution in [0.3, 0.4) is 0 Å². The predicted molar refractivity (Wildman–Crippen MR) is 73.3 cm³/mol. The van der Waals surface area contributed by atoms with Crippen LogP contribution in [0.4, 0.5) is 18.3 Å². The van der Waals surface area contributed by atoms with E-state index >= 15 is 0 Å². The van der Waals surface area contributed by atoms with Gasteiger partial charge in [-0.15, -0.1) is 11.3 Å². The highest BCUT2D eigenvalue weighted by atomic mass is 32.1. The van der Waals surface area contributed by atoms with Gasteiger partial charge in [-0.1, -0.05) is 0 Å². The second-order valence-corrected chi connectivity index (χ2v) is 5.54. The number of amides is 1. The molecule has 2 rings (SSSR count). The van der Waals surface area contributed by atoms with Crippen LogP contribution in [0.15, 0.2) is 24.0 Å². The summed E-state index contributed by atoms with van der Waals surface area (Å²) in [7, 11) is 2.62. The summed E-state index contributed by atoms with van der Waals surface area (Å²) in [5.41, 5.74) is -3.37. The van der Waals surface area contributed by atoms with Crippen molar-refractivity contribution in [3.8, 4) is 0 Å². The number of hydrogen-bond donors (Lipinski definition) is 1. The van der Waals surface area contributed by atoms with E-state index in [1.54, 1.807) is 5.38 Å². The van der Waals surface area contributed by atoms with Gasteiger partial charge in [0.25, 0.3) is 0 Å². The monoisotopic (exact) mass is 334 g/mol. The van der Waals surface area contributed by atoms with Crippen LogP contribution in [0.1, 0.15) is 12.2 Å². The minimum atomic E-state index is -5.05. The molecule has 1 atom stereocenters. The Morgan fingerprint density at radius 2 is 2.09 bits per heavy atom. The fraction of sp³-hybridized carbons (Fsp3) is 0.417. The Balaban J connectivity index is 2.33. The molecule has 0 aliphatic rings. The summed E-state index contributed by atoms with van der Waals surface area (Å²) in [4.78, 5) is 20.5. The third-order valence-electron chi connectivity index (χ3n) is 3.15. The molecule has 10 heteroatoms. The molecule has 2 aromatic rings. The van der Waals surface area contributed by atoms with Crippen LogP contribution in [-0.2, 0) is 17.4 Å². The van der Waals surface area contributed by atoms with Crippen molar-refractivity contribution in [1.29, 1.82) is 0 Å². The van der Waals surface area contributed by atoms with Crippen molar-refractivity contribution in [3.05, 3.63) is 29.8 Å². The molecular weight excluding hydrogens is 321 g/mol. The number of aryl methyl sites for hydroxylation is 1. The topological polar surface area (TPSA) is 71.2 Å². The molecule has 1 amide bonds. The van der Waals surface area contributed by atoms with Crippen molar-refractivity contribution in [2.24, 2.45) is 7.05 Å². The lowest BCUT2D eigenvalue weighted by molar-refractivity contribution is -0.270. The standard InChI is InChI=1S/C12H13F3N4O2S/c1-18-5-3-16-9(18)11(21,12(13,14)15)7-8(20)19(2)10-17-4-6-22-10/h3-6,21H,7H2,1-2H3. The highest BCUT2D eigenvalue weighted by Crippen LogP contribution is 2.41. The maximum Gasteiger partial charge on any atom is 0.425 e. The summed E-state index contributed by atoms with van der Waals surface area (Å²) < 4.78 is 41.0. The SMILES string of the molecule is CN(C(=O)CC(O)(c1nccn1C)C(F)(F)F)c1nccs1. The van der Waals surface area contributed by atoms with Gasteiger partial charge in [-0.25, -0.2) is 9.97 Å². The van der Waals surface area contributed by atoms with Gasteiger partial charge in [0.1, 0.15) is 0 Å². The second kappa shape index (κ2) is 5.69. The van der Waals surface area contributed by atoms with E-state index in [-0.39, 0.29) is 5.13 Å². The Bertz CT molecular complexity index is 656. The Labute approximate surface area is 127 Å². The van der Waals surface area contributed by atoms with Crippen LogP contribution in [0.25, 0.3) is 0 Å². The zero-order valence-corrected chi connectivity index (χ0v) is 12.5. The largest absolute Gasteiger partial charge is 0.425 e. The molecule has 0 bridgehead atoms. The van der Waals surface area contributed by atoms with Crippen LogP contribution in [-0.4, -0.2) is 38.8 Å². The smallest absolute Gasteiger partial charge is 0.374 e. The van der Waals surface area contributed by atoms with Crippen molar-refractivity contribution in [2.45, 2.75) is 18.2 Å². The minimum Gasteiger partial charge on any atom is -0.374 e. The summed E-state index contributed by atoms with van der Waals surface area (Å²) in [5, 5.41) is 12.0. The first-order valence-electron chi connectivity index (χ1n) is 6.10. The van der Waals surface area contributed by atoms with Crippen LogP contribution >= 0.6 is 11.3 Å². The van der Waals surface area contributed by atoms with E-state index in [2.05, 4.69) is 9.97 Å². The van der Waals surface area contributed by atoms with Gasteiger partial charge in [0.05, 0.1) is 6.42 Å². The van der Waals surface area contributed by atoms with Crippen molar-refractivity contribution < 1.29 is 23.1 Å². The van der Waals surface area contributed by atoms with Gasteiger partial charge < -0.3 is 9.67 Å². The number of carbonyl (C=O) groups excluding carboxylic acids is 1. The molecule has 2 heterocycles. The Morgan fingerprint density at radius 1 is 1.41 bits per heavy atom. The molecule has 120 valence electrons. The van der Waals surface area contributed by atoms with E-state index in [1.165, 1.54) is 26.5 Å². The van der Waals surface area contributed by atoms with E-state index in [9.17, 15) is 23.1 Å². The van der Waals surface area contributed by atoms with E-state index in [4.69, 9.17) is 0 Å². The Kier molecular flexibility index (Phi) is 4.25. The number of alkyl halides is 3. The summed E-state index contributed by atoms with van der Waals surface area (Å²) in [5.74, 6) is -1.56. The van der Waals surface area contributed by atoms with Gasteiger partial charge in [0.2, 0.25) is 11.5 Å². The third kappa shape index (κ3) is 2.83. The second-order valence-electron chi connectivity index (χ2n) is 4.66. The van der Waals surface area contributed by atoms with Crippen molar-refractivity contribution in [1.82, 2.24) is 14.5 Å². The summed E-state index contributed by atoms with van der Waals surface area (Å²) in [6.45, 7) is 0. The molecule has 2 aromatic heterocycles. The first kappa shape index (κ1) is 16.4. The average Bonchev–Trinajstić information content (AvgIpc) is 3.07.